The Kier molecular flexibility index (Phi) is 4.89. The summed E-state index contributed by atoms with van der Waals surface area (Å²) in [5, 5.41) is 3.84. The Balaban J connectivity index is 1.75. The molecule has 7 nitrogen and oxygen atoms in total. The van der Waals surface area contributed by atoms with Crippen molar-refractivity contribution in [2.45, 2.75) is 25.4 Å². The van der Waals surface area contributed by atoms with E-state index < -0.39 is 16.4 Å². The molecule has 1 aromatic heterocycles. The summed E-state index contributed by atoms with van der Waals surface area (Å²) in [7, 11) is -1.69. The van der Waals surface area contributed by atoms with E-state index in [-0.39, 0.29) is 41.2 Å². The molecule has 2 heterocycles. The van der Waals surface area contributed by atoms with Crippen LogP contribution in [0.2, 0.25) is 0 Å². The Morgan fingerprint density at radius 3 is 2.80 bits per heavy atom. The van der Waals surface area contributed by atoms with Crippen LogP contribution in [0.25, 0.3) is 0 Å². The SMILES string of the molecule is COc1ccc(Cc2nc(C3CCS(=O)(=O)C3)no2)cc1OC(F)F. The zero-order valence-electron chi connectivity index (χ0n) is 13.3. The van der Waals surface area contributed by atoms with Gasteiger partial charge < -0.3 is 14.0 Å². The average Bonchev–Trinajstić information content (AvgIpc) is 3.13. The predicted molar refractivity (Wildman–Crippen MR) is 82.7 cm³/mol. The van der Waals surface area contributed by atoms with E-state index in [1.807, 2.05) is 0 Å². The molecule has 0 N–H and O–H groups in total. The van der Waals surface area contributed by atoms with Gasteiger partial charge in [-0.1, -0.05) is 11.2 Å². The van der Waals surface area contributed by atoms with Gasteiger partial charge in [-0.2, -0.15) is 13.8 Å². The lowest BCUT2D eigenvalue weighted by Gasteiger charge is -2.10. The number of halogens is 2. The van der Waals surface area contributed by atoms with Crippen molar-refractivity contribution < 1.29 is 31.2 Å². The molecule has 10 heteroatoms. The normalized spacial score (nSPS) is 19.3. The monoisotopic (exact) mass is 374 g/mol. The second-order valence-corrected chi connectivity index (χ2v) is 7.92. The highest BCUT2D eigenvalue weighted by Gasteiger charge is 2.32. The van der Waals surface area contributed by atoms with Gasteiger partial charge in [-0.25, -0.2) is 8.42 Å². The van der Waals surface area contributed by atoms with Gasteiger partial charge in [0.2, 0.25) is 5.89 Å². The first-order chi connectivity index (χ1) is 11.9. The maximum Gasteiger partial charge on any atom is 0.387 e. The summed E-state index contributed by atoms with van der Waals surface area (Å²) in [6, 6.07) is 4.59. The van der Waals surface area contributed by atoms with E-state index in [0.717, 1.165) is 0 Å². The van der Waals surface area contributed by atoms with Crippen LogP contribution in [-0.2, 0) is 16.3 Å². The van der Waals surface area contributed by atoms with Gasteiger partial charge in [0.25, 0.3) is 0 Å². The van der Waals surface area contributed by atoms with Crippen molar-refractivity contribution >= 4 is 9.84 Å². The van der Waals surface area contributed by atoms with Crippen molar-refractivity contribution in [3.8, 4) is 11.5 Å². The summed E-state index contributed by atoms with van der Waals surface area (Å²) in [4.78, 5) is 4.22. The summed E-state index contributed by atoms with van der Waals surface area (Å²) in [5.74, 6) is 0.593. The fraction of sp³-hybridized carbons (Fsp3) is 0.467. The molecule has 0 saturated carbocycles. The first-order valence-electron chi connectivity index (χ1n) is 7.51. The quantitative estimate of drug-likeness (QED) is 0.765. The van der Waals surface area contributed by atoms with Crippen molar-refractivity contribution in [3.05, 3.63) is 35.5 Å². The molecule has 0 spiro atoms. The first-order valence-corrected chi connectivity index (χ1v) is 9.33. The first kappa shape index (κ1) is 17.6. The number of benzene rings is 1. The molecule has 136 valence electrons. The number of sulfone groups is 1. The number of aromatic nitrogens is 2. The highest BCUT2D eigenvalue weighted by molar-refractivity contribution is 7.91. The van der Waals surface area contributed by atoms with Gasteiger partial charge >= 0.3 is 6.61 Å². The average molecular weight is 374 g/mol. The maximum atomic E-state index is 12.5. The minimum atomic E-state index is -3.04. The van der Waals surface area contributed by atoms with E-state index in [1.54, 1.807) is 6.07 Å². The van der Waals surface area contributed by atoms with Crippen LogP contribution in [0.15, 0.2) is 22.7 Å². The van der Waals surface area contributed by atoms with Crippen molar-refractivity contribution in [2.24, 2.45) is 0 Å². The van der Waals surface area contributed by atoms with Crippen LogP contribution in [-0.4, -0.2) is 43.8 Å². The van der Waals surface area contributed by atoms with Crippen LogP contribution in [0.5, 0.6) is 11.5 Å². The molecule has 1 unspecified atom stereocenters. The molecule has 0 radical (unpaired) electrons. The Bertz CT molecular complexity index is 853. The number of hydrogen-bond acceptors (Lipinski definition) is 7. The van der Waals surface area contributed by atoms with Crippen molar-refractivity contribution in [1.82, 2.24) is 10.1 Å². The van der Waals surface area contributed by atoms with Crippen molar-refractivity contribution in [2.75, 3.05) is 18.6 Å². The maximum absolute atomic E-state index is 12.5. The zero-order chi connectivity index (χ0) is 18.0. The van der Waals surface area contributed by atoms with Gasteiger partial charge in [0.1, 0.15) is 0 Å². The molecule has 1 aromatic carbocycles. The largest absolute Gasteiger partial charge is 0.493 e. The van der Waals surface area contributed by atoms with E-state index in [2.05, 4.69) is 14.9 Å². The molecule has 1 atom stereocenters. The van der Waals surface area contributed by atoms with E-state index in [4.69, 9.17) is 9.26 Å². The third kappa shape index (κ3) is 4.25. The zero-order valence-corrected chi connectivity index (χ0v) is 14.1. The Labute approximate surface area is 142 Å². The lowest BCUT2D eigenvalue weighted by atomic mass is 10.1. The van der Waals surface area contributed by atoms with Crippen LogP contribution in [0.4, 0.5) is 8.78 Å². The van der Waals surface area contributed by atoms with Crippen molar-refractivity contribution in [3.63, 3.8) is 0 Å². The molecule has 3 rings (SSSR count). The van der Waals surface area contributed by atoms with E-state index in [0.29, 0.717) is 17.8 Å². The molecule has 1 aliphatic rings. The lowest BCUT2D eigenvalue weighted by molar-refractivity contribution is -0.0512. The van der Waals surface area contributed by atoms with Crippen LogP contribution in [0.1, 0.15) is 29.6 Å². The molecule has 1 fully saturated rings. The number of hydrogen-bond donors (Lipinski definition) is 0. The van der Waals surface area contributed by atoms with Gasteiger partial charge in [-0.05, 0) is 24.1 Å². The number of rotatable bonds is 6. The van der Waals surface area contributed by atoms with Crippen LogP contribution in [0, 0.1) is 0 Å². The topological polar surface area (TPSA) is 91.5 Å². The van der Waals surface area contributed by atoms with Gasteiger partial charge in [0.05, 0.1) is 25.0 Å². The lowest BCUT2D eigenvalue weighted by Crippen LogP contribution is -2.05. The molecule has 0 bridgehead atoms. The standard InChI is InChI=1S/C15H16F2N2O5S/c1-22-11-3-2-9(6-12(11)23-15(16)17)7-13-18-14(19-24-13)10-4-5-25(20,21)8-10/h2-3,6,10,15H,4-5,7-8H2,1H3. The Morgan fingerprint density at radius 1 is 1.36 bits per heavy atom. The van der Waals surface area contributed by atoms with Gasteiger partial charge in [0, 0.05) is 5.92 Å². The minimum absolute atomic E-state index is 0.0148. The van der Waals surface area contributed by atoms with Gasteiger partial charge in [-0.15, -0.1) is 0 Å². The fourth-order valence-electron chi connectivity index (χ4n) is 2.70. The Hall–Kier alpha value is -2.23. The molecular weight excluding hydrogens is 358 g/mol. The third-order valence-corrected chi connectivity index (χ3v) is 5.65. The van der Waals surface area contributed by atoms with Crippen LogP contribution < -0.4 is 9.47 Å². The molecule has 2 aromatic rings. The highest BCUT2D eigenvalue weighted by atomic mass is 32.2. The molecule has 25 heavy (non-hydrogen) atoms. The van der Waals surface area contributed by atoms with E-state index in [9.17, 15) is 17.2 Å². The Morgan fingerprint density at radius 2 is 2.16 bits per heavy atom. The fourth-order valence-corrected chi connectivity index (χ4v) is 4.44. The minimum Gasteiger partial charge on any atom is -0.493 e. The van der Waals surface area contributed by atoms with Crippen molar-refractivity contribution in [1.29, 1.82) is 0 Å². The second kappa shape index (κ2) is 6.95. The van der Waals surface area contributed by atoms with Crippen LogP contribution in [0.3, 0.4) is 0 Å². The summed E-state index contributed by atoms with van der Waals surface area (Å²) < 4.78 is 62.5. The number of ether oxygens (including phenoxy) is 2. The number of methoxy groups -OCH3 is 1. The summed E-state index contributed by atoms with van der Waals surface area (Å²) in [6.45, 7) is -2.97. The molecule has 0 amide bonds. The summed E-state index contributed by atoms with van der Waals surface area (Å²) >= 11 is 0. The van der Waals surface area contributed by atoms with Crippen LogP contribution >= 0.6 is 0 Å². The molecule has 0 aliphatic carbocycles. The summed E-state index contributed by atoms with van der Waals surface area (Å²) in [5.41, 5.74) is 0.616. The number of alkyl halides is 2. The molecule has 1 aliphatic heterocycles. The number of nitrogens with zero attached hydrogens (tertiary/aromatic N) is 2. The second-order valence-electron chi connectivity index (χ2n) is 5.69. The molecular formula is C15H16F2N2O5S. The predicted octanol–water partition coefficient (Wildman–Crippen LogP) is 2.17. The third-order valence-electron chi connectivity index (χ3n) is 3.88. The smallest absolute Gasteiger partial charge is 0.387 e. The van der Waals surface area contributed by atoms with E-state index in [1.165, 1.54) is 19.2 Å². The van der Waals surface area contributed by atoms with Gasteiger partial charge in [-0.3, -0.25) is 0 Å². The van der Waals surface area contributed by atoms with E-state index >= 15 is 0 Å². The summed E-state index contributed by atoms with van der Waals surface area (Å²) in [6.07, 6.45) is 0.673. The van der Waals surface area contributed by atoms with Gasteiger partial charge in [0.15, 0.2) is 27.2 Å². The highest BCUT2D eigenvalue weighted by Crippen LogP contribution is 2.31. The molecule has 1 saturated heterocycles.